The van der Waals surface area contributed by atoms with Crippen LogP contribution in [0.4, 0.5) is 0 Å². The first-order valence-corrected chi connectivity index (χ1v) is 8.93. The lowest BCUT2D eigenvalue weighted by Crippen LogP contribution is -2.38. The summed E-state index contributed by atoms with van der Waals surface area (Å²) in [6, 6.07) is 5.58. The van der Waals surface area contributed by atoms with Crippen LogP contribution in [-0.4, -0.2) is 18.2 Å². The van der Waals surface area contributed by atoms with Gasteiger partial charge >= 0.3 is 5.97 Å². The lowest BCUT2D eigenvalue weighted by atomic mass is 9.83. The monoisotopic (exact) mass is 418 g/mol. The molecule has 2 rings (SSSR count). The highest BCUT2D eigenvalue weighted by Crippen LogP contribution is 2.34. The Morgan fingerprint density at radius 2 is 1.95 bits per heavy atom. The molecule has 0 heterocycles. The van der Waals surface area contributed by atoms with Crippen molar-refractivity contribution in [3.63, 3.8) is 0 Å². The van der Waals surface area contributed by atoms with Gasteiger partial charge in [0.2, 0.25) is 0 Å². The van der Waals surface area contributed by atoms with Gasteiger partial charge < -0.3 is 9.47 Å². The van der Waals surface area contributed by atoms with Crippen molar-refractivity contribution in [2.75, 3.05) is 6.61 Å². The van der Waals surface area contributed by atoms with Crippen LogP contribution in [0.2, 0.25) is 0 Å². The predicted octanol–water partition coefficient (Wildman–Crippen LogP) is 5.25. The Morgan fingerprint density at radius 1 is 1.24 bits per heavy atom. The fourth-order valence-electron chi connectivity index (χ4n) is 2.72. The van der Waals surface area contributed by atoms with Crippen LogP contribution in [-0.2, 0) is 9.53 Å². The molecule has 1 saturated carbocycles. The zero-order valence-corrected chi connectivity index (χ0v) is 15.3. The summed E-state index contributed by atoms with van der Waals surface area (Å²) in [6.07, 6.45) is 6.33. The molecule has 1 aromatic rings. The summed E-state index contributed by atoms with van der Waals surface area (Å²) in [5, 5.41) is 0. The normalized spacial score (nSPS) is 17.3. The van der Waals surface area contributed by atoms with Crippen molar-refractivity contribution in [2.45, 2.75) is 51.0 Å². The van der Waals surface area contributed by atoms with Gasteiger partial charge in [-0.3, -0.25) is 0 Å². The summed E-state index contributed by atoms with van der Waals surface area (Å²) in [6.45, 7) is 2.03. The largest absolute Gasteiger partial charge is 0.481 e. The van der Waals surface area contributed by atoms with Crippen molar-refractivity contribution >= 4 is 37.8 Å². The molecule has 0 spiro atoms. The van der Waals surface area contributed by atoms with Gasteiger partial charge in [0.15, 0.2) is 6.61 Å². The molecule has 1 aliphatic rings. The minimum absolute atomic E-state index is 0.0536. The standard InChI is InChI=1S/C16H20Br2O3/c1-2-16(8-4-3-5-9-16)21-15(19)11-20-14-7-6-12(17)10-13(14)18/h6-7,10H,2-5,8-9,11H2,1H3. The smallest absolute Gasteiger partial charge is 0.344 e. The van der Waals surface area contributed by atoms with Crippen molar-refractivity contribution in [1.82, 2.24) is 0 Å². The lowest BCUT2D eigenvalue weighted by molar-refractivity contribution is -0.166. The number of carbonyl (C=O) groups is 1. The number of ether oxygens (including phenoxy) is 2. The molecular weight excluding hydrogens is 400 g/mol. The predicted molar refractivity (Wildman–Crippen MR) is 89.5 cm³/mol. The third-order valence-corrected chi connectivity index (χ3v) is 5.09. The highest BCUT2D eigenvalue weighted by atomic mass is 79.9. The van der Waals surface area contributed by atoms with E-state index < -0.39 is 0 Å². The third kappa shape index (κ3) is 4.71. The third-order valence-electron chi connectivity index (χ3n) is 3.98. The van der Waals surface area contributed by atoms with Crippen LogP contribution < -0.4 is 4.74 Å². The van der Waals surface area contributed by atoms with Gasteiger partial charge in [0.1, 0.15) is 11.4 Å². The molecule has 0 saturated heterocycles. The molecule has 0 radical (unpaired) electrons. The summed E-state index contributed by atoms with van der Waals surface area (Å²) < 4.78 is 13.0. The average Bonchev–Trinajstić information content (AvgIpc) is 2.47. The van der Waals surface area contributed by atoms with E-state index in [-0.39, 0.29) is 18.2 Å². The number of esters is 1. The summed E-state index contributed by atoms with van der Waals surface area (Å²) in [5.74, 6) is 0.359. The Labute approximate surface area is 142 Å². The van der Waals surface area contributed by atoms with Crippen LogP contribution in [0.1, 0.15) is 45.4 Å². The second-order valence-corrected chi connectivity index (χ2v) is 7.20. The van der Waals surface area contributed by atoms with Gasteiger partial charge in [0.25, 0.3) is 0 Å². The summed E-state index contributed by atoms with van der Waals surface area (Å²) in [7, 11) is 0. The summed E-state index contributed by atoms with van der Waals surface area (Å²) >= 11 is 6.79. The highest BCUT2D eigenvalue weighted by molar-refractivity contribution is 9.11. The molecule has 0 aromatic heterocycles. The topological polar surface area (TPSA) is 35.5 Å². The molecule has 0 N–H and O–H groups in total. The quantitative estimate of drug-likeness (QED) is 0.611. The van der Waals surface area contributed by atoms with E-state index in [1.54, 1.807) is 0 Å². The van der Waals surface area contributed by atoms with Gasteiger partial charge in [0.05, 0.1) is 4.47 Å². The molecule has 0 amide bonds. The van der Waals surface area contributed by atoms with Crippen LogP contribution in [0.15, 0.2) is 27.1 Å². The molecule has 1 aromatic carbocycles. The van der Waals surface area contributed by atoms with Gasteiger partial charge in [0, 0.05) is 4.47 Å². The Morgan fingerprint density at radius 3 is 2.57 bits per heavy atom. The molecule has 0 atom stereocenters. The average molecular weight is 420 g/mol. The Balaban J connectivity index is 1.89. The molecular formula is C16H20Br2O3. The fraction of sp³-hybridized carbons (Fsp3) is 0.562. The first-order valence-electron chi connectivity index (χ1n) is 7.34. The maximum atomic E-state index is 12.1. The molecule has 5 heteroatoms. The van der Waals surface area contributed by atoms with Crippen molar-refractivity contribution in [2.24, 2.45) is 0 Å². The minimum Gasteiger partial charge on any atom is -0.481 e. The number of rotatable bonds is 5. The van der Waals surface area contributed by atoms with Crippen LogP contribution in [0.3, 0.4) is 0 Å². The summed E-state index contributed by atoms with van der Waals surface area (Å²) in [5.41, 5.74) is -0.268. The number of carbonyl (C=O) groups excluding carboxylic acids is 1. The van der Waals surface area contributed by atoms with E-state index >= 15 is 0 Å². The van der Waals surface area contributed by atoms with E-state index in [9.17, 15) is 4.79 Å². The second-order valence-electron chi connectivity index (χ2n) is 5.43. The first kappa shape index (κ1) is 16.8. The lowest BCUT2D eigenvalue weighted by Gasteiger charge is -2.35. The maximum Gasteiger partial charge on any atom is 0.344 e. The fourth-order valence-corrected chi connectivity index (χ4v) is 3.89. The molecule has 1 aliphatic carbocycles. The Bertz CT molecular complexity index is 496. The number of halogens is 2. The second kappa shape index (κ2) is 7.63. The van der Waals surface area contributed by atoms with Crippen molar-refractivity contribution < 1.29 is 14.3 Å². The Kier molecular flexibility index (Phi) is 6.11. The SMILES string of the molecule is CCC1(OC(=O)COc2ccc(Br)cc2Br)CCCCC1. The van der Waals surface area contributed by atoms with Crippen molar-refractivity contribution in [3.8, 4) is 5.75 Å². The molecule has 21 heavy (non-hydrogen) atoms. The van der Waals surface area contributed by atoms with E-state index in [0.717, 1.165) is 41.0 Å². The summed E-state index contributed by atoms with van der Waals surface area (Å²) in [4.78, 5) is 12.1. The highest BCUT2D eigenvalue weighted by Gasteiger charge is 2.34. The van der Waals surface area contributed by atoms with Crippen molar-refractivity contribution in [1.29, 1.82) is 0 Å². The number of hydrogen-bond acceptors (Lipinski definition) is 3. The molecule has 0 bridgehead atoms. The minimum atomic E-state index is -0.284. The van der Waals surface area contributed by atoms with E-state index in [1.807, 2.05) is 18.2 Å². The van der Waals surface area contributed by atoms with Gasteiger partial charge in [-0.2, -0.15) is 0 Å². The van der Waals surface area contributed by atoms with Gasteiger partial charge in [-0.25, -0.2) is 4.79 Å². The molecule has 1 fully saturated rings. The van der Waals surface area contributed by atoms with Gasteiger partial charge in [-0.05, 0) is 66.2 Å². The van der Waals surface area contributed by atoms with E-state index in [1.165, 1.54) is 6.42 Å². The first-order chi connectivity index (χ1) is 10.0. The Hall–Kier alpha value is -0.550. The molecule has 0 unspecified atom stereocenters. The molecule has 0 aliphatic heterocycles. The molecule has 116 valence electrons. The number of benzene rings is 1. The van der Waals surface area contributed by atoms with Gasteiger partial charge in [-0.15, -0.1) is 0 Å². The zero-order chi connectivity index (χ0) is 15.3. The molecule has 3 nitrogen and oxygen atoms in total. The van der Waals surface area contributed by atoms with Crippen molar-refractivity contribution in [3.05, 3.63) is 27.1 Å². The van der Waals surface area contributed by atoms with Crippen LogP contribution in [0, 0.1) is 0 Å². The van der Waals surface area contributed by atoms with Crippen LogP contribution in [0.25, 0.3) is 0 Å². The zero-order valence-electron chi connectivity index (χ0n) is 12.2. The maximum absolute atomic E-state index is 12.1. The van der Waals surface area contributed by atoms with E-state index in [4.69, 9.17) is 9.47 Å². The van der Waals surface area contributed by atoms with E-state index in [2.05, 4.69) is 38.8 Å². The number of hydrogen-bond donors (Lipinski definition) is 0. The van der Waals surface area contributed by atoms with E-state index in [0.29, 0.717) is 5.75 Å². The van der Waals surface area contributed by atoms with Crippen LogP contribution >= 0.6 is 31.9 Å². The van der Waals surface area contributed by atoms with Crippen LogP contribution in [0.5, 0.6) is 5.75 Å². The van der Waals surface area contributed by atoms with Gasteiger partial charge in [-0.1, -0.05) is 29.3 Å².